The lowest BCUT2D eigenvalue weighted by Crippen LogP contribution is -2.16. The number of rotatable bonds is 3. The van der Waals surface area contributed by atoms with Crippen LogP contribution >= 0.6 is 0 Å². The molecule has 0 fully saturated rings. The molecule has 0 amide bonds. The van der Waals surface area contributed by atoms with Crippen LogP contribution in [0.15, 0.2) is 29.1 Å². The minimum atomic E-state index is -0.678. The van der Waals surface area contributed by atoms with Crippen molar-refractivity contribution in [2.75, 3.05) is 6.61 Å². The lowest BCUT2D eigenvalue weighted by molar-refractivity contribution is 0.0715. The first-order chi connectivity index (χ1) is 11.0. The number of pyridine rings is 1. The molecule has 0 aliphatic carbocycles. The molecule has 1 aliphatic rings. The van der Waals surface area contributed by atoms with Crippen molar-refractivity contribution in [3.63, 3.8) is 0 Å². The number of carbonyl (C=O) groups excluding carboxylic acids is 1. The van der Waals surface area contributed by atoms with Gasteiger partial charge in [-0.3, -0.25) is 4.79 Å². The average molecular weight is 313 g/mol. The Morgan fingerprint density at radius 2 is 2.09 bits per heavy atom. The first-order valence-electron chi connectivity index (χ1n) is 7.13. The van der Waals surface area contributed by atoms with Crippen LogP contribution in [0.5, 0.6) is 11.5 Å². The summed E-state index contributed by atoms with van der Waals surface area (Å²) >= 11 is 0. The first-order valence-corrected chi connectivity index (χ1v) is 7.13. The van der Waals surface area contributed by atoms with E-state index in [1.165, 1.54) is 6.07 Å². The van der Waals surface area contributed by atoms with Gasteiger partial charge in [-0.2, -0.15) is 0 Å². The van der Waals surface area contributed by atoms with Gasteiger partial charge in [0.2, 0.25) is 0 Å². The van der Waals surface area contributed by atoms with Crippen LogP contribution in [-0.4, -0.2) is 22.7 Å². The van der Waals surface area contributed by atoms with E-state index in [1.807, 2.05) is 6.92 Å². The molecular weight excluding hydrogens is 298 g/mol. The van der Waals surface area contributed by atoms with Crippen LogP contribution in [0.2, 0.25) is 0 Å². The number of aromatic nitrogens is 1. The molecule has 1 aliphatic heterocycles. The van der Waals surface area contributed by atoms with E-state index in [-0.39, 0.29) is 17.1 Å². The van der Waals surface area contributed by atoms with Crippen molar-refractivity contribution in [3.8, 4) is 11.5 Å². The number of nitrogens with one attached hydrogen (secondary N) is 1. The van der Waals surface area contributed by atoms with Crippen LogP contribution in [0, 0.1) is 6.92 Å². The number of benzene rings is 1. The van der Waals surface area contributed by atoms with Gasteiger partial charge in [0.25, 0.3) is 5.56 Å². The maximum absolute atomic E-state index is 11.9. The van der Waals surface area contributed by atoms with Gasteiger partial charge in [-0.15, -0.1) is 0 Å². The molecule has 1 aromatic carbocycles. The number of ether oxygens (including phenoxy) is 2. The fourth-order valence-electron chi connectivity index (χ4n) is 2.45. The lowest BCUT2D eigenvalue weighted by Gasteiger charge is -2.06. The summed E-state index contributed by atoms with van der Waals surface area (Å²) in [4.78, 5) is 26.3. The number of phenolic OH excluding ortho intramolecular Hbond substituents is 1. The summed E-state index contributed by atoms with van der Waals surface area (Å²) in [5.41, 5.74) is 1.23. The Balaban J connectivity index is 2.05. The van der Waals surface area contributed by atoms with E-state index >= 15 is 0 Å². The summed E-state index contributed by atoms with van der Waals surface area (Å²) in [7, 11) is 0. The quantitative estimate of drug-likeness (QED) is 0.850. The Morgan fingerprint density at radius 1 is 1.30 bits per heavy atom. The molecule has 0 radical (unpaired) electrons. The lowest BCUT2D eigenvalue weighted by atomic mass is 10.1. The van der Waals surface area contributed by atoms with Crippen molar-refractivity contribution in [2.24, 2.45) is 0 Å². The zero-order chi connectivity index (χ0) is 16.6. The van der Waals surface area contributed by atoms with Gasteiger partial charge in [0.1, 0.15) is 11.3 Å². The maximum atomic E-state index is 11.9. The molecule has 1 aromatic heterocycles. The molecule has 23 heavy (non-hydrogen) atoms. The van der Waals surface area contributed by atoms with Crippen LogP contribution < -0.4 is 10.3 Å². The molecule has 6 nitrogen and oxygen atoms in total. The molecule has 0 atom stereocenters. The molecular formula is C17H15NO5. The van der Waals surface area contributed by atoms with E-state index in [1.54, 1.807) is 31.2 Å². The number of esters is 1. The van der Waals surface area contributed by atoms with E-state index in [2.05, 4.69) is 4.98 Å². The van der Waals surface area contributed by atoms with Crippen LogP contribution in [-0.2, 0) is 4.74 Å². The third-order valence-corrected chi connectivity index (χ3v) is 3.42. The van der Waals surface area contributed by atoms with E-state index in [0.29, 0.717) is 29.2 Å². The van der Waals surface area contributed by atoms with Crippen molar-refractivity contribution in [1.29, 1.82) is 0 Å². The zero-order valence-electron chi connectivity index (χ0n) is 12.7. The molecule has 2 aromatic rings. The van der Waals surface area contributed by atoms with E-state index < -0.39 is 11.5 Å². The number of phenols is 1. The molecule has 0 spiro atoms. The van der Waals surface area contributed by atoms with E-state index in [4.69, 9.17) is 9.47 Å². The predicted octanol–water partition coefficient (Wildman–Crippen LogP) is 2.46. The number of aromatic hydroxyl groups is 1. The Kier molecular flexibility index (Phi) is 3.65. The summed E-state index contributed by atoms with van der Waals surface area (Å²) in [6, 6.07) is 6.54. The molecule has 118 valence electrons. The van der Waals surface area contributed by atoms with Gasteiger partial charge in [-0.25, -0.2) is 4.79 Å². The van der Waals surface area contributed by atoms with Gasteiger partial charge in [0.15, 0.2) is 11.5 Å². The summed E-state index contributed by atoms with van der Waals surface area (Å²) in [6.07, 6.45) is 1.60. The second-order valence-electron chi connectivity index (χ2n) is 5.13. The number of fused-ring (bicyclic) bond motifs is 1. The fraction of sp³-hybridized carbons (Fsp3) is 0.176. The van der Waals surface area contributed by atoms with Gasteiger partial charge in [0, 0.05) is 11.3 Å². The highest BCUT2D eigenvalue weighted by atomic mass is 16.5. The second kappa shape index (κ2) is 5.64. The molecule has 0 unspecified atom stereocenters. The van der Waals surface area contributed by atoms with Crippen molar-refractivity contribution >= 4 is 17.8 Å². The van der Waals surface area contributed by atoms with Crippen molar-refractivity contribution in [3.05, 3.63) is 57.0 Å². The number of carbonyl (C=O) groups is 1. The van der Waals surface area contributed by atoms with Gasteiger partial charge in [-0.1, -0.05) is 6.07 Å². The molecule has 0 saturated heterocycles. The normalized spacial score (nSPS) is 14.7. The number of H-pyrrole nitrogens is 1. The number of cyclic esters (lactones) is 1. The van der Waals surface area contributed by atoms with Gasteiger partial charge in [-0.05, 0) is 43.7 Å². The summed E-state index contributed by atoms with van der Waals surface area (Å²) in [6.45, 7) is 4.00. The standard InChI is InChI=1S/C17H15NO5/c1-3-22-13-5-4-10(7-12(13)19)8-14-11-6-9(2)18-16(20)15(11)17(21)23-14/h4-8,19H,3H2,1-2H3,(H,18,20). The first kappa shape index (κ1) is 14.9. The van der Waals surface area contributed by atoms with Gasteiger partial charge >= 0.3 is 5.97 Å². The molecule has 2 N–H and O–H groups in total. The smallest absolute Gasteiger partial charge is 0.349 e. The zero-order valence-corrected chi connectivity index (χ0v) is 12.7. The molecule has 0 bridgehead atoms. The van der Waals surface area contributed by atoms with Gasteiger partial charge in [0.05, 0.1) is 6.61 Å². The number of aryl methyl sites for hydroxylation is 1. The van der Waals surface area contributed by atoms with E-state index in [0.717, 1.165) is 0 Å². The monoisotopic (exact) mass is 313 g/mol. The van der Waals surface area contributed by atoms with Crippen LogP contribution in [0.4, 0.5) is 0 Å². The van der Waals surface area contributed by atoms with Crippen molar-refractivity contribution in [2.45, 2.75) is 13.8 Å². The van der Waals surface area contributed by atoms with E-state index in [9.17, 15) is 14.7 Å². The third kappa shape index (κ3) is 2.70. The van der Waals surface area contributed by atoms with Crippen molar-refractivity contribution < 1.29 is 19.4 Å². The minimum Gasteiger partial charge on any atom is -0.504 e. The highest BCUT2D eigenvalue weighted by Crippen LogP contribution is 2.32. The molecule has 0 saturated carbocycles. The average Bonchev–Trinajstić information content (AvgIpc) is 2.78. The topological polar surface area (TPSA) is 88.6 Å². The maximum Gasteiger partial charge on any atom is 0.349 e. The van der Waals surface area contributed by atoms with Crippen LogP contribution in [0.3, 0.4) is 0 Å². The minimum absolute atomic E-state index is 0.00277. The summed E-state index contributed by atoms with van der Waals surface area (Å²) in [5, 5.41) is 9.91. The SMILES string of the molecule is CCOc1ccc(C=C2OC(=O)c3c2cc(C)[nH]c3=O)cc1O. The predicted molar refractivity (Wildman–Crippen MR) is 84.4 cm³/mol. The molecule has 6 heteroatoms. The summed E-state index contributed by atoms with van der Waals surface area (Å²) in [5.74, 6) is -0.0241. The van der Waals surface area contributed by atoms with Gasteiger partial charge < -0.3 is 19.6 Å². The Hall–Kier alpha value is -3.02. The molecule has 2 heterocycles. The Bertz CT molecular complexity index is 879. The highest BCUT2D eigenvalue weighted by molar-refractivity contribution is 6.05. The van der Waals surface area contributed by atoms with Crippen LogP contribution in [0.1, 0.15) is 34.1 Å². The number of hydrogen-bond acceptors (Lipinski definition) is 5. The molecule has 3 rings (SSSR count). The third-order valence-electron chi connectivity index (χ3n) is 3.42. The highest BCUT2D eigenvalue weighted by Gasteiger charge is 2.30. The second-order valence-corrected chi connectivity index (χ2v) is 5.13. The number of hydrogen-bond donors (Lipinski definition) is 2. The van der Waals surface area contributed by atoms with Crippen LogP contribution in [0.25, 0.3) is 11.8 Å². The van der Waals surface area contributed by atoms with Crippen molar-refractivity contribution in [1.82, 2.24) is 4.98 Å². The number of aromatic amines is 1. The Morgan fingerprint density at radius 3 is 2.78 bits per heavy atom. The summed E-state index contributed by atoms with van der Waals surface area (Å²) < 4.78 is 10.4. The Labute approximate surface area is 132 Å². The largest absolute Gasteiger partial charge is 0.504 e. The fourth-order valence-corrected chi connectivity index (χ4v) is 2.45.